The molecule has 7 nitrogen and oxygen atoms in total. The zero-order chi connectivity index (χ0) is 22.2. The van der Waals surface area contributed by atoms with Crippen molar-refractivity contribution in [2.24, 2.45) is 5.41 Å². The van der Waals surface area contributed by atoms with Crippen LogP contribution >= 0.6 is 0 Å². The second-order valence-electron chi connectivity index (χ2n) is 8.39. The molecule has 1 atom stereocenters. The first-order valence-corrected chi connectivity index (χ1v) is 10.1. The van der Waals surface area contributed by atoms with Crippen LogP contribution in [0.3, 0.4) is 0 Å². The molecule has 7 heteroatoms. The monoisotopic (exact) mass is 416 g/mol. The molecule has 0 radical (unpaired) electrons. The zero-order valence-corrected chi connectivity index (χ0v) is 17.7. The van der Waals surface area contributed by atoms with Crippen molar-refractivity contribution in [3.05, 3.63) is 76.7 Å². The fourth-order valence-corrected chi connectivity index (χ4v) is 3.51. The molecule has 31 heavy (non-hydrogen) atoms. The molecule has 0 aliphatic heterocycles. The van der Waals surface area contributed by atoms with Gasteiger partial charge in [0.05, 0.1) is 11.5 Å². The van der Waals surface area contributed by atoms with E-state index in [4.69, 9.17) is 0 Å². The lowest BCUT2D eigenvalue weighted by atomic mass is 9.93. The van der Waals surface area contributed by atoms with E-state index in [1.54, 1.807) is 26.1 Å². The van der Waals surface area contributed by atoms with Crippen molar-refractivity contribution in [1.82, 2.24) is 14.5 Å². The lowest BCUT2D eigenvalue weighted by Gasteiger charge is -2.21. The van der Waals surface area contributed by atoms with Crippen LogP contribution in [0.25, 0.3) is 21.8 Å². The van der Waals surface area contributed by atoms with Crippen molar-refractivity contribution in [2.45, 2.75) is 33.4 Å². The van der Waals surface area contributed by atoms with Gasteiger partial charge in [-0.3, -0.25) is 14.2 Å². The highest BCUT2D eigenvalue weighted by molar-refractivity contribution is 5.83. The average Bonchev–Trinajstić information content (AvgIpc) is 2.75. The highest BCUT2D eigenvalue weighted by atomic mass is 16.4. The van der Waals surface area contributed by atoms with Gasteiger partial charge >= 0.3 is 5.97 Å². The number of nitrogens with one attached hydrogen (secondary N) is 1. The van der Waals surface area contributed by atoms with Gasteiger partial charge in [-0.25, -0.2) is 4.98 Å². The number of rotatable bonds is 6. The number of aliphatic carboxylic acids is 1. The van der Waals surface area contributed by atoms with E-state index in [0.29, 0.717) is 17.0 Å². The Hall–Kier alpha value is -3.74. The Labute approximate surface area is 179 Å². The summed E-state index contributed by atoms with van der Waals surface area (Å²) in [5.41, 5.74) is 0.0774. The zero-order valence-electron chi connectivity index (χ0n) is 17.7. The molecular formula is C24H24N4O3. The molecule has 4 aromatic rings. The first-order valence-electron chi connectivity index (χ1n) is 10.1. The lowest BCUT2D eigenvalue weighted by Crippen LogP contribution is -2.34. The summed E-state index contributed by atoms with van der Waals surface area (Å²) >= 11 is 0. The molecule has 0 fully saturated rings. The molecule has 1 unspecified atom stereocenters. The van der Waals surface area contributed by atoms with Crippen molar-refractivity contribution in [2.75, 3.05) is 5.32 Å². The Morgan fingerprint density at radius 1 is 1.10 bits per heavy atom. The first-order chi connectivity index (χ1) is 14.7. The van der Waals surface area contributed by atoms with Gasteiger partial charge in [0.1, 0.15) is 5.65 Å². The van der Waals surface area contributed by atoms with Crippen LogP contribution in [0, 0.1) is 5.41 Å². The fraction of sp³-hybridized carbons (Fsp3) is 0.250. The molecule has 0 aliphatic carbocycles. The summed E-state index contributed by atoms with van der Waals surface area (Å²) in [5, 5.41) is 15.8. The van der Waals surface area contributed by atoms with Crippen LogP contribution in [0.1, 0.15) is 32.4 Å². The van der Waals surface area contributed by atoms with Gasteiger partial charge in [0, 0.05) is 24.2 Å². The van der Waals surface area contributed by atoms with E-state index in [2.05, 4.69) is 45.6 Å². The van der Waals surface area contributed by atoms with Crippen LogP contribution in [0.15, 0.2) is 65.6 Å². The van der Waals surface area contributed by atoms with E-state index in [-0.39, 0.29) is 18.1 Å². The van der Waals surface area contributed by atoms with Crippen molar-refractivity contribution >= 4 is 33.7 Å². The molecule has 158 valence electrons. The van der Waals surface area contributed by atoms with Crippen molar-refractivity contribution < 1.29 is 9.90 Å². The molecule has 0 aliphatic rings. The molecule has 4 rings (SSSR count). The summed E-state index contributed by atoms with van der Waals surface area (Å²) in [6.07, 6.45) is 1.64. The Balaban J connectivity index is 1.68. The SMILES string of the molecule is CC(Nc1ncc2ccc(=O)n(CC(C)(C)C(=O)O)c2n1)c1ccc2ccccc2c1. The third kappa shape index (κ3) is 4.12. The quantitative estimate of drug-likeness (QED) is 0.488. The van der Waals surface area contributed by atoms with Gasteiger partial charge in [-0.15, -0.1) is 0 Å². The Morgan fingerprint density at radius 2 is 1.81 bits per heavy atom. The minimum Gasteiger partial charge on any atom is -0.481 e. The van der Waals surface area contributed by atoms with E-state index in [0.717, 1.165) is 10.9 Å². The minimum atomic E-state index is -1.12. The van der Waals surface area contributed by atoms with Crippen LogP contribution in [-0.2, 0) is 11.3 Å². The lowest BCUT2D eigenvalue weighted by molar-refractivity contribution is -0.147. The summed E-state index contributed by atoms with van der Waals surface area (Å²) in [5.74, 6) is -0.602. The van der Waals surface area contributed by atoms with Gasteiger partial charge < -0.3 is 10.4 Å². The molecular weight excluding hydrogens is 392 g/mol. The number of benzene rings is 2. The number of carbonyl (C=O) groups is 1. The van der Waals surface area contributed by atoms with E-state index < -0.39 is 11.4 Å². The maximum atomic E-state index is 12.5. The number of hydrogen-bond donors (Lipinski definition) is 2. The summed E-state index contributed by atoms with van der Waals surface area (Å²) in [6, 6.07) is 17.4. The molecule has 0 spiro atoms. The van der Waals surface area contributed by atoms with Gasteiger partial charge in [0.25, 0.3) is 5.56 Å². The van der Waals surface area contributed by atoms with E-state index in [1.165, 1.54) is 16.0 Å². The van der Waals surface area contributed by atoms with Crippen LogP contribution in [-0.4, -0.2) is 25.6 Å². The minimum absolute atomic E-state index is 0.00912. The second kappa shape index (κ2) is 7.83. The molecule has 0 bridgehead atoms. The Morgan fingerprint density at radius 3 is 2.55 bits per heavy atom. The predicted octanol–water partition coefficient (Wildman–Crippen LogP) is 4.23. The molecule has 2 aromatic heterocycles. The second-order valence-corrected chi connectivity index (χ2v) is 8.39. The fourth-order valence-electron chi connectivity index (χ4n) is 3.51. The molecule has 0 amide bonds. The number of pyridine rings is 1. The van der Waals surface area contributed by atoms with E-state index in [9.17, 15) is 14.7 Å². The smallest absolute Gasteiger partial charge is 0.310 e. The molecule has 0 saturated carbocycles. The third-order valence-electron chi connectivity index (χ3n) is 5.47. The van der Waals surface area contributed by atoms with Gasteiger partial charge in [0.2, 0.25) is 5.95 Å². The topological polar surface area (TPSA) is 97.1 Å². The normalized spacial score (nSPS) is 12.7. The molecule has 2 aromatic carbocycles. The molecule has 2 N–H and O–H groups in total. The largest absolute Gasteiger partial charge is 0.481 e. The van der Waals surface area contributed by atoms with Crippen LogP contribution in [0.4, 0.5) is 5.95 Å². The number of hydrogen-bond acceptors (Lipinski definition) is 5. The number of anilines is 1. The van der Waals surface area contributed by atoms with Crippen LogP contribution in [0.5, 0.6) is 0 Å². The average molecular weight is 416 g/mol. The summed E-state index contributed by atoms with van der Waals surface area (Å²) < 4.78 is 1.40. The summed E-state index contributed by atoms with van der Waals surface area (Å²) in [7, 11) is 0. The Kier molecular flexibility index (Phi) is 5.19. The summed E-state index contributed by atoms with van der Waals surface area (Å²) in [6.45, 7) is 5.20. The van der Waals surface area contributed by atoms with Crippen molar-refractivity contribution in [3.63, 3.8) is 0 Å². The maximum absolute atomic E-state index is 12.5. The predicted molar refractivity (Wildman–Crippen MR) is 121 cm³/mol. The molecule has 2 heterocycles. The van der Waals surface area contributed by atoms with Gasteiger partial charge in [-0.2, -0.15) is 4.98 Å². The number of fused-ring (bicyclic) bond motifs is 2. The van der Waals surface area contributed by atoms with E-state index >= 15 is 0 Å². The highest BCUT2D eigenvalue weighted by Crippen LogP contribution is 2.24. The molecule has 0 saturated heterocycles. The van der Waals surface area contributed by atoms with Gasteiger partial charge in [0.15, 0.2) is 0 Å². The van der Waals surface area contributed by atoms with E-state index in [1.807, 2.05) is 19.1 Å². The van der Waals surface area contributed by atoms with Crippen molar-refractivity contribution in [1.29, 1.82) is 0 Å². The third-order valence-corrected chi connectivity index (χ3v) is 5.47. The van der Waals surface area contributed by atoms with Crippen LogP contribution < -0.4 is 10.9 Å². The number of nitrogens with zero attached hydrogens (tertiary/aromatic N) is 3. The standard InChI is InChI=1S/C24H24N4O3/c1-15(17-9-8-16-6-4-5-7-18(16)12-17)26-23-25-13-19-10-11-20(29)28(21(19)27-23)14-24(2,3)22(30)31/h4-13,15H,14H2,1-3H3,(H,30,31)(H,25,26,27). The maximum Gasteiger partial charge on any atom is 0.310 e. The number of carboxylic acid groups (broad SMARTS) is 1. The van der Waals surface area contributed by atoms with Gasteiger partial charge in [-0.05, 0) is 49.2 Å². The number of aromatic nitrogens is 3. The first kappa shape index (κ1) is 20.5. The highest BCUT2D eigenvalue weighted by Gasteiger charge is 2.29. The Bertz CT molecular complexity index is 1340. The number of carboxylic acids is 1. The van der Waals surface area contributed by atoms with Crippen molar-refractivity contribution in [3.8, 4) is 0 Å². The van der Waals surface area contributed by atoms with Gasteiger partial charge in [-0.1, -0.05) is 36.4 Å². The summed E-state index contributed by atoms with van der Waals surface area (Å²) in [4.78, 5) is 33.0. The van der Waals surface area contributed by atoms with Crippen LogP contribution in [0.2, 0.25) is 0 Å².